The molecule has 0 radical (unpaired) electrons. The molecule has 6 heteroatoms. The fourth-order valence-corrected chi connectivity index (χ4v) is 6.35. The van der Waals surface area contributed by atoms with Crippen molar-refractivity contribution in [3.8, 4) is 0 Å². The number of carbonyl (C=O) groups is 1. The first-order valence-corrected chi connectivity index (χ1v) is 12.8. The van der Waals surface area contributed by atoms with Gasteiger partial charge in [-0.3, -0.25) is 4.79 Å². The number of carbonyl (C=O) groups excluding carboxylic acids is 1. The lowest BCUT2D eigenvalue weighted by Gasteiger charge is -2.27. The maximum Gasteiger partial charge on any atom is 0.223 e. The van der Waals surface area contributed by atoms with Gasteiger partial charge in [0.2, 0.25) is 5.91 Å². The van der Waals surface area contributed by atoms with Crippen LogP contribution in [0.25, 0.3) is 0 Å². The average Bonchev–Trinajstić information content (AvgIpc) is 3.20. The van der Waals surface area contributed by atoms with Crippen LogP contribution in [0.15, 0.2) is 12.2 Å². The summed E-state index contributed by atoms with van der Waals surface area (Å²) in [6.07, 6.45) is 13.0. The molecule has 2 heterocycles. The van der Waals surface area contributed by atoms with Gasteiger partial charge in [0.15, 0.2) is 9.84 Å². The summed E-state index contributed by atoms with van der Waals surface area (Å²) < 4.78 is 31.3. The SMILES string of the molecule is CCCCCCS(=O)(=O)C[C@@H]1[C@H](C/C=C\CCC(C)(C)C(N)=O)[C@@H]2CC[C@H]1O2. The van der Waals surface area contributed by atoms with Crippen LogP contribution < -0.4 is 5.73 Å². The van der Waals surface area contributed by atoms with Gasteiger partial charge in [-0.2, -0.15) is 0 Å². The van der Waals surface area contributed by atoms with Crippen molar-refractivity contribution in [3.63, 3.8) is 0 Å². The first-order valence-electron chi connectivity index (χ1n) is 11.0. The highest BCUT2D eigenvalue weighted by Crippen LogP contribution is 2.45. The minimum atomic E-state index is -3.02. The van der Waals surface area contributed by atoms with Crippen LogP contribution in [-0.2, 0) is 19.4 Å². The van der Waals surface area contributed by atoms with Gasteiger partial charge in [0, 0.05) is 11.3 Å². The molecule has 0 aromatic heterocycles. The van der Waals surface area contributed by atoms with Gasteiger partial charge in [0.05, 0.1) is 23.7 Å². The first-order chi connectivity index (χ1) is 13.2. The Morgan fingerprint density at radius 1 is 1.11 bits per heavy atom. The molecule has 0 aromatic rings. The van der Waals surface area contributed by atoms with Crippen LogP contribution in [0, 0.1) is 17.3 Å². The summed E-state index contributed by atoms with van der Waals surface area (Å²) in [5.41, 5.74) is 4.93. The van der Waals surface area contributed by atoms with Gasteiger partial charge in [0.25, 0.3) is 0 Å². The number of primary amides is 1. The van der Waals surface area contributed by atoms with Crippen molar-refractivity contribution in [1.82, 2.24) is 0 Å². The van der Waals surface area contributed by atoms with Gasteiger partial charge < -0.3 is 10.5 Å². The zero-order chi connectivity index (χ0) is 20.8. The largest absolute Gasteiger partial charge is 0.374 e. The Bertz CT molecular complexity index is 641. The van der Waals surface area contributed by atoms with Crippen LogP contribution >= 0.6 is 0 Å². The number of allylic oxidation sites excluding steroid dienone is 2. The van der Waals surface area contributed by atoms with Crippen LogP contribution in [0.1, 0.15) is 78.6 Å². The Balaban J connectivity index is 1.85. The fraction of sp³-hybridized carbons (Fsp3) is 0.864. The van der Waals surface area contributed by atoms with Crippen molar-refractivity contribution in [2.75, 3.05) is 11.5 Å². The topological polar surface area (TPSA) is 86.5 Å². The van der Waals surface area contributed by atoms with E-state index in [1.165, 1.54) is 0 Å². The first kappa shape index (κ1) is 23.4. The molecule has 2 rings (SSSR count). The smallest absolute Gasteiger partial charge is 0.223 e. The van der Waals surface area contributed by atoms with E-state index in [1.54, 1.807) is 0 Å². The zero-order valence-corrected chi connectivity index (χ0v) is 18.7. The lowest BCUT2D eigenvalue weighted by Crippen LogP contribution is -2.33. The predicted molar refractivity (Wildman–Crippen MR) is 114 cm³/mol. The predicted octanol–water partition coefficient (Wildman–Crippen LogP) is 4.01. The van der Waals surface area contributed by atoms with Gasteiger partial charge >= 0.3 is 0 Å². The maximum absolute atomic E-state index is 12.6. The second-order valence-corrected chi connectivity index (χ2v) is 11.5. The minimum absolute atomic E-state index is 0.114. The van der Waals surface area contributed by atoms with Crippen LogP contribution in [0.2, 0.25) is 0 Å². The van der Waals surface area contributed by atoms with Gasteiger partial charge in [-0.15, -0.1) is 0 Å². The highest BCUT2D eigenvalue weighted by atomic mass is 32.2. The van der Waals surface area contributed by atoms with E-state index < -0.39 is 15.3 Å². The molecule has 0 saturated carbocycles. The molecule has 2 fully saturated rings. The summed E-state index contributed by atoms with van der Waals surface area (Å²) in [4.78, 5) is 11.4. The van der Waals surface area contributed by atoms with E-state index in [0.29, 0.717) is 11.7 Å². The molecule has 0 unspecified atom stereocenters. The molecular weight excluding hydrogens is 374 g/mol. The third-order valence-electron chi connectivity index (χ3n) is 6.52. The Labute approximate surface area is 171 Å². The van der Waals surface area contributed by atoms with Crippen molar-refractivity contribution in [2.24, 2.45) is 23.0 Å². The molecule has 0 spiro atoms. The van der Waals surface area contributed by atoms with Crippen LogP contribution in [0.5, 0.6) is 0 Å². The second-order valence-electron chi connectivity index (χ2n) is 9.29. The normalized spacial score (nSPS) is 27.7. The highest BCUT2D eigenvalue weighted by molar-refractivity contribution is 7.91. The molecule has 162 valence electrons. The number of sulfone groups is 1. The van der Waals surface area contributed by atoms with E-state index in [2.05, 4.69) is 19.1 Å². The Morgan fingerprint density at radius 3 is 2.43 bits per heavy atom. The third-order valence-corrected chi connectivity index (χ3v) is 8.33. The summed E-state index contributed by atoms with van der Waals surface area (Å²) in [7, 11) is -3.02. The average molecular weight is 414 g/mol. The summed E-state index contributed by atoms with van der Waals surface area (Å²) in [6.45, 7) is 5.87. The summed E-state index contributed by atoms with van der Waals surface area (Å²) in [5.74, 6) is 0.733. The lowest BCUT2D eigenvalue weighted by atomic mass is 9.78. The number of fused-ring (bicyclic) bond motifs is 2. The molecule has 28 heavy (non-hydrogen) atoms. The molecule has 0 aliphatic carbocycles. The van der Waals surface area contributed by atoms with E-state index in [9.17, 15) is 13.2 Å². The van der Waals surface area contributed by atoms with Crippen LogP contribution in [-0.4, -0.2) is 38.0 Å². The molecule has 1 amide bonds. The molecule has 2 bridgehead atoms. The molecule has 0 aromatic carbocycles. The summed E-state index contributed by atoms with van der Waals surface area (Å²) >= 11 is 0. The number of hydrogen-bond acceptors (Lipinski definition) is 4. The van der Waals surface area contributed by atoms with Crippen LogP contribution in [0.4, 0.5) is 0 Å². The molecule has 2 aliphatic rings. The maximum atomic E-state index is 12.6. The number of ether oxygens (including phenoxy) is 1. The Kier molecular flexibility index (Phi) is 8.56. The van der Waals surface area contributed by atoms with E-state index in [1.807, 2.05) is 13.8 Å². The molecule has 4 atom stereocenters. The van der Waals surface area contributed by atoms with Crippen molar-refractivity contribution >= 4 is 15.7 Å². The van der Waals surface area contributed by atoms with E-state index >= 15 is 0 Å². The molecular formula is C22H39NO4S. The fourth-order valence-electron chi connectivity index (χ4n) is 4.49. The van der Waals surface area contributed by atoms with Crippen molar-refractivity contribution < 1.29 is 17.9 Å². The van der Waals surface area contributed by atoms with Crippen molar-refractivity contribution in [1.29, 1.82) is 0 Å². The molecule has 2 N–H and O–H groups in total. The zero-order valence-electron chi connectivity index (χ0n) is 17.9. The van der Waals surface area contributed by atoms with Crippen molar-refractivity contribution in [2.45, 2.75) is 90.8 Å². The lowest BCUT2D eigenvalue weighted by molar-refractivity contribution is -0.126. The van der Waals surface area contributed by atoms with E-state index in [4.69, 9.17) is 10.5 Å². The van der Waals surface area contributed by atoms with Gasteiger partial charge in [-0.05, 0) is 44.4 Å². The van der Waals surface area contributed by atoms with Crippen LogP contribution in [0.3, 0.4) is 0 Å². The molecule has 2 saturated heterocycles. The number of unbranched alkanes of at least 4 members (excludes halogenated alkanes) is 3. The summed E-state index contributed by atoms with van der Waals surface area (Å²) in [6, 6.07) is 0. The molecule has 2 aliphatic heterocycles. The quantitative estimate of drug-likeness (QED) is 0.365. The van der Waals surface area contributed by atoms with Gasteiger partial charge in [-0.1, -0.05) is 52.2 Å². The standard InChI is InChI=1S/C22H39NO4S/c1-4-5-6-10-15-28(25,26)16-18-17(19-12-13-20(18)27-19)11-8-7-9-14-22(2,3)21(23)24/h7-8,17-20H,4-6,9-16H2,1-3H3,(H2,23,24)/b8-7-/t17-,18+,19-,20+/m0/s1. The monoisotopic (exact) mass is 413 g/mol. The molecule has 5 nitrogen and oxygen atoms in total. The van der Waals surface area contributed by atoms with Gasteiger partial charge in [-0.25, -0.2) is 8.42 Å². The number of hydrogen-bond donors (Lipinski definition) is 1. The van der Waals surface area contributed by atoms with E-state index in [-0.39, 0.29) is 29.8 Å². The van der Waals surface area contributed by atoms with Crippen molar-refractivity contribution in [3.05, 3.63) is 12.2 Å². The Hall–Kier alpha value is -0.880. The number of amides is 1. The Morgan fingerprint density at radius 2 is 1.79 bits per heavy atom. The third kappa shape index (κ3) is 6.58. The minimum Gasteiger partial charge on any atom is -0.374 e. The van der Waals surface area contributed by atoms with E-state index in [0.717, 1.165) is 57.8 Å². The number of nitrogens with two attached hydrogens (primary N) is 1. The second kappa shape index (κ2) is 10.2. The highest BCUT2D eigenvalue weighted by Gasteiger charge is 2.49. The number of rotatable bonds is 13. The van der Waals surface area contributed by atoms with Gasteiger partial charge in [0.1, 0.15) is 0 Å². The summed E-state index contributed by atoms with van der Waals surface area (Å²) in [5, 5.41) is 0.